The Kier molecular flexibility index (Phi) is 7.99. The van der Waals surface area contributed by atoms with Crippen molar-refractivity contribution in [1.82, 2.24) is 0 Å². The molecule has 6 nitrogen and oxygen atoms in total. The van der Waals surface area contributed by atoms with Crippen molar-refractivity contribution in [3.8, 4) is 0 Å². The lowest BCUT2D eigenvalue weighted by Gasteiger charge is -2.34. The van der Waals surface area contributed by atoms with E-state index >= 15 is 0 Å². The van der Waals surface area contributed by atoms with Gasteiger partial charge >= 0.3 is 5.97 Å². The summed E-state index contributed by atoms with van der Waals surface area (Å²) in [5, 5.41) is 0. The smallest absolute Gasteiger partial charge is 0.318 e. The lowest BCUT2D eigenvalue weighted by Crippen LogP contribution is -2.41. The molecular weight excluding hydrogens is 298 g/mol. The zero-order valence-corrected chi connectivity index (χ0v) is 15.3. The van der Waals surface area contributed by atoms with Crippen LogP contribution in [0.15, 0.2) is 4.99 Å². The van der Waals surface area contributed by atoms with Crippen molar-refractivity contribution in [2.24, 2.45) is 10.9 Å². The Hall–Kier alpha value is -1.14. The molecule has 0 aromatic carbocycles. The number of carbonyl (C=O) groups is 1. The molecule has 0 radical (unpaired) electrons. The van der Waals surface area contributed by atoms with Crippen LogP contribution in [0.5, 0.6) is 0 Å². The van der Waals surface area contributed by atoms with Gasteiger partial charge in [0.2, 0.25) is 0 Å². The molecule has 0 saturated heterocycles. The van der Waals surface area contributed by atoms with Crippen molar-refractivity contribution in [2.75, 3.05) is 19.8 Å². The number of hydrogen-bond donors (Lipinski definition) is 0. The van der Waals surface area contributed by atoms with Gasteiger partial charge in [-0.15, -0.1) is 0 Å². The Morgan fingerprint density at radius 2 is 1.87 bits per heavy atom. The summed E-state index contributed by atoms with van der Waals surface area (Å²) in [6, 6.07) is 0. The molecule has 23 heavy (non-hydrogen) atoms. The molecule has 0 aromatic heterocycles. The van der Waals surface area contributed by atoms with Gasteiger partial charge in [-0.25, -0.2) is 4.99 Å². The molecule has 1 aliphatic heterocycles. The molecule has 1 rings (SSSR count). The van der Waals surface area contributed by atoms with Gasteiger partial charge in [0.15, 0.2) is 12.2 Å². The Morgan fingerprint density at radius 3 is 2.35 bits per heavy atom. The second-order valence-corrected chi connectivity index (χ2v) is 6.28. The van der Waals surface area contributed by atoms with E-state index in [9.17, 15) is 4.79 Å². The van der Waals surface area contributed by atoms with Crippen molar-refractivity contribution in [3.63, 3.8) is 0 Å². The van der Waals surface area contributed by atoms with Crippen LogP contribution in [0.4, 0.5) is 0 Å². The number of rotatable bonds is 9. The molecule has 0 N–H and O–H groups in total. The zero-order valence-electron chi connectivity index (χ0n) is 15.3. The van der Waals surface area contributed by atoms with Gasteiger partial charge < -0.3 is 18.9 Å². The SMILES string of the molecule is CCOC(=O)C(CC(OCC)OCC)C1=NC(C)(C)CC(C)O1. The van der Waals surface area contributed by atoms with Crippen LogP contribution < -0.4 is 0 Å². The number of hydrogen-bond acceptors (Lipinski definition) is 6. The average Bonchev–Trinajstić information content (AvgIpc) is 2.43. The van der Waals surface area contributed by atoms with Crippen LogP contribution in [0.1, 0.15) is 54.4 Å². The summed E-state index contributed by atoms with van der Waals surface area (Å²) >= 11 is 0. The number of aliphatic imine (C=N–C) groups is 1. The number of ether oxygens (including phenoxy) is 4. The highest BCUT2D eigenvalue weighted by Gasteiger charge is 2.37. The second kappa shape index (κ2) is 9.23. The van der Waals surface area contributed by atoms with Gasteiger partial charge in [0.1, 0.15) is 5.92 Å². The first kappa shape index (κ1) is 19.9. The summed E-state index contributed by atoms with van der Waals surface area (Å²) < 4.78 is 22.2. The van der Waals surface area contributed by atoms with E-state index in [-0.39, 0.29) is 17.6 Å². The monoisotopic (exact) mass is 329 g/mol. The normalized spacial score (nSPS) is 21.5. The lowest BCUT2D eigenvalue weighted by atomic mass is 9.94. The zero-order chi connectivity index (χ0) is 17.5. The number of esters is 1. The van der Waals surface area contributed by atoms with E-state index in [0.717, 1.165) is 6.42 Å². The van der Waals surface area contributed by atoms with Crippen molar-refractivity contribution in [2.45, 2.75) is 72.3 Å². The summed E-state index contributed by atoms with van der Waals surface area (Å²) in [5.74, 6) is -0.530. The predicted octanol–water partition coefficient (Wildman–Crippen LogP) is 2.94. The Bertz CT molecular complexity index is 402. The molecule has 134 valence electrons. The fraction of sp³-hybridized carbons (Fsp3) is 0.882. The van der Waals surface area contributed by atoms with Gasteiger partial charge in [0.05, 0.1) is 18.2 Å². The maximum absolute atomic E-state index is 12.4. The van der Waals surface area contributed by atoms with Gasteiger partial charge in [-0.2, -0.15) is 0 Å². The molecule has 2 atom stereocenters. The molecular formula is C17H31NO5. The van der Waals surface area contributed by atoms with E-state index in [0.29, 0.717) is 32.1 Å². The molecule has 0 aliphatic carbocycles. The van der Waals surface area contributed by atoms with E-state index in [2.05, 4.69) is 4.99 Å². The molecule has 0 amide bonds. The highest BCUT2D eigenvalue weighted by atomic mass is 16.7. The summed E-state index contributed by atoms with van der Waals surface area (Å²) in [6.45, 7) is 13.0. The fourth-order valence-corrected chi connectivity index (χ4v) is 2.77. The highest BCUT2D eigenvalue weighted by molar-refractivity contribution is 5.98. The summed E-state index contributed by atoms with van der Waals surface area (Å²) in [5.41, 5.74) is -0.259. The Morgan fingerprint density at radius 1 is 1.26 bits per heavy atom. The van der Waals surface area contributed by atoms with Gasteiger partial charge in [-0.05, 0) is 41.5 Å². The summed E-state index contributed by atoms with van der Waals surface area (Å²) in [7, 11) is 0. The first-order chi connectivity index (χ1) is 10.8. The van der Waals surface area contributed by atoms with E-state index in [1.807, 2.05) is 34.6 Å². The van der Waals surface area contributed by atoms with Gasteiger partial charge in [-0.3, -0.25) is 4.79 Å². The minimum Gasteiger partial charge on any atom is -0.477 e. The van der Waals surface area contributed by atoms with Crippen molar-refractivity contribution in [1.29, 1.82) is 0 Å². The second-order valence-electron chi connectivity index (χ2n) is 6.28. The largest absolute Gasteiger partial charge is 0.477 e. The van der Waals surface area contributed by atoms with Crippen LogP contribution in [0, 0.1) is 5.92 Å². The predicted molar refractivity (Wildman–Crippen MR) is 88.5 cm³/mol. The molecule has 1 aliphatic rings. The third kappa shape index (κ3) is 6.47. The van der Waals surface area contributed by atoms with Crippen molar-refractivity contribution >= 4 is 11.9 Å². The Balaban J connectivity index is 2.99. The molecule has 6 heteroatoms. The molecule has 0 bridgehead atoms. The van der Waals surface area contributed by atoms with Crippen LogP contribution in [-0.4, -0.2) is 49.6 Å². The Labute approximate surface area is 139 Å². The molecule has 0 aromatic rings. The van der Waals surface area contributed by atoms with Crippen LogP contribution >= 0.6 is 0 Å². The first-order valence-electron chi connectivity index (χ1n) is 8.49. The van der Waals surface area contributed by atoms with Gasteiger partial charge in [0, 0.05) is 26.1 Å². The third-order valence-electron chi connectivity index (χ3n) is 3.52. The summed E-state index contributed by atoms with van der Waals surface area (Å²) in [6.07, 6.45) is 0.673. The fourth-order valence-electron chi connectivity index (χ4n) is 2.77. The molecule has 0 saturated carbocycles. The van der Waals surface area contributed by atoms with E-state index in [1.165, 1.54) is 0 Å². The van der Waals surface area contributed by atoms with Crippen LogP contribution in [0.2, 0.25) is 0 Å². The average molecular weight is 329 g/mol. The molecule has 0 fully saturated rings. The maximum Gasteiger partial charge on any atom is 0.318 e. The molecule has 2 unspecified atom stereocenters. The van der Waals surface area contributed by atoms with Gasteiger partial charge in [-0.1, -0.05) is 0 Å². The maximum atomic E-state index is 12.4. The summed E-state index contributed by atoms with van der Waals surface area (Å²) in [4.78, 5) is 17.0. The minimum absolute atomic E-state index is 0.00654. The number of nitrogens with zero attached hydrogens (tertiary/aromatic N) is 1. The minimum atomic E-state index is -0.611. The first-order valence-corrected chi connectivity index (χ1v) is 8.49. The van der Waals surface area contributed by atoms with E-state index in [4.69, 9.17) is 18.9 Å². The third-order valence-corrected chi connectivity index (χ3v) is 3.52. The molecule has 0 spiro atoms. The molecule has 1 heterocycles. The van der Waals surface area contributed by atoms with Gasteiger partial charge in [0.25, 0.3) is 0 Å². The van der Waals surface area contributed by atoms with Crippen LogP contribution in [0.3, 0.4) is 0 Å². The van der Waals surface area contributed by atoms with Crippen LogP contribution in [-0.2, 0) is 23.7 Å². The van der Waals surface area contributed by atoms with Crippen LogP contribution in [0.25, 0.3) is 0 Å². The quantitative estimate of drug-likeness (QED) is 0.480. The topological polar surface area (TPSA) is 66.4 Å². The number of carbonyl (C=O) groups excluding carboxylic acids is 1. The highest BCUT2D eigenvalue weighted by Crippen LogP contribution is 2.28. The van der Waals surface area contributed by atoms with E-state index in [1.54, 1.807) is 6.92 Å². The standard InChI is InChI=1S/C17H31NO5/c1-7-20-14(21-8-2)10-13(16(19)22-9-3)15-18-17(5,6)11-12(4)23-15/h12-14H,7-11H2,1-6H3. The van der Waals surface area contributed by atoms with Crippen molar-refractivity contribution < 1.29 is 23.7 Å². The van der Waals surface area contributed by atoms with Crippen molar-refractivity contribution in [3.05, 3.63) is 0 Å². The van der Waals surface area contributed by atoms with E-state index < -0.39 is 12.2 Å². The lowest BCUT2D eigenvalue weighted by molar-refractivity contribution is -0.161.